The molecule has 0 radical (unpaired) electrons. The highest BCUT2D eigenvalue weighted by atomic mass is 19.1. The fourth-order valence-electron chi connectivity index (χ4n) is 4.29. The molecule has 1 aromatic heterocycles. The third kappa shape index (κ3) is 3.48. The van der Waals surface area contributed by atoms with E-state index in [1.54, 1.807) is 6.07 Å². The zero-order valence-corrected chi connectivity index (χ0v) is 15.2. The van der Waals surface area contributed by atoms with Crippen molar-refractivity contribution in [3.05, 3.63) is 35.3 Å². The zero-order chi connectivity index (χ0) is 18.1. The third-order valence-corrected chi connectivity index (χ3v) is 5.80. The van der Waals surface area contributed by atoms with Gasteiger partial charge < -0.3 is 15.1 Å². The predicted molar refractivity (Wildman–Crippen MR) is 98.9 cm³/mol. The molecule has 2 aliphatic rings. The van der Waals surface area contributed by atoms with Crippen LogP contribution in [0.4, 0.5) is 4.39 Å². The van der Waals surface area contributed by atoms with Gasteiger partial charge in [0.25, 0.3) is 5.91 Å². The first-order valence-electron chi connectivity index (χ1n) is 9.56. The van der Waals surface area contributed by atoms with E-state index in [9.17, 15) is 9.18 Å². The number of halogens is 1. The first-order valence-corrected chi connectivity index (χ1v) is 9.56. The Labute approximate surface area is 152 Å². The second-order valence-corrected chi connectivity index (χ2v) is 7.46. The third-order valence-electron chi connectivity index (χ3n) is 5.80. The Morgan fingerprint density at radius 3 is 2.69 bits per heavy atom. The van der Waals surface area contributed by atoms with E-state index < -0.39 is 0 Å². The lowest BCUT2D eigenvalue weighted by Gasteiger charge is -2.39. The van der Waals surface area contributed by atoms with Crippen molar-refractivity contribution in [3.63, 3.8) is 0 Å². The molecule has 1 aliphatic heterocycles. The van der Waals surface area contributed by atoms with E-state index in [-0.39, 0.29) is 17.8 Å². The van der Waals surface area contributed by atoms with Gasteiger partial charge in [-0.2, -0.15) is 0 Å². The van der Waals surface area contributed by atoms with Crippen LogP contribution in [0.15, 0.2) is 22.6 Å². The van der Waals surface area contributed by atoms with Crippen LogP contribution in [0.5, 0.6) is 0 Å². The molecule has 0 bridgehead atoms. The number of piperazine rings is 1. The summed E-state index contributed by atoms with van der Waals surface area (Å²) in [6.07, 6.45) is 4.23. The summed E-state index contributed by atoms with van der Waals surface area (Å²) in [7, 11) is 0. The Kier molecular flexibility index (Phi) is 4.96. The largest absolute Gasteiger partial charge is 0.451 e. The average molecular weight is 359 g/mol. The molecule has 2 aromatic rings. The summed E-state index contributed by atoms with van der Waals surface area (Å²) < 4.78 is 19.1. The van der Waals surface area contributed by atoms with Crippen LogP contribution in [0.1, 0.15) is 41.8 Å². The molecule has 2 N–H and O–H groups in total. The van der Waals surface area contributed by atoms with Crippen molar-refractivity contribution in [2.45, 2.75) is 44.7 Å². The highest BCUT2D eigenvalue weighted by molar-refractivity contribution is 5.99. The Hall–Kier alpha value is -1.92. The summed E-state index contributed by atoms with van der Waals surface area (Å²) in [6.45, 7) is 6.19. The van der Waals surface area contributed by atoms with Gasteiger partial charge in [-0.15, -0.1) is 0 Å². The quantitative estimate of drug-likeness (QED) is 0.885. The number of furan rings is 1. The Balaban J connectivity index is 1.37. The first kappa shape index (κ1) is 17.5. The number of fused-ring (bicyclic) bond motifs is 1. The normalized spacial score (nSPS) is 24.7. The van der Waals surface area contributed by atoms with Crippen molar-refractivity contribution < 1.29 is 13.6 Å². The van der Waals surface area contributed by atoms with Crippen LogP contribution >= 0.6 is 0 Å². The van der Waals surface area contributed by atoms with Gasteiger partial charge in [-0.3, -0.25) is 9.69 Å². The van der Waals surface area contributed by atoms with Crippen molar-refractivity contribution in [3.8, 4) is 0 Å². The minimum absolute atomic E-state index is 0.186. The van der Waals surface area contributed by atoms with Crippen LogP contribution in [-0.4, -0.2) is 49.1 Å². The van der Waals surface area contributed by atoms with Crippen molar-refractivity contribution in [1.82, 2.24) is 15.5 Å². The van der Waals surface area contributed by atoms with Gasteiger partial charge in [0.05, 0.1) is 0 Å². The lowest BCUT2D eigenvalue weighted by Crippen LogP contribution is -2.50. The van der Waals surface area contributed by atoms with Gasteiger partial charge in [0.15, 0.2) is 5.76 Å². The van der Waals surface area contributed by atoms with Gasteiger partial charge in [0.1, 0.15) is 11.4 Å². The molecular weight excluding hydrogens is 333 g/mol. The summed E-state index contributed by atoms with van der Waals surface area (Å²) in [5.74, 6) is -0.209. The predicted octanol–water partition coefficient (Wildman–Crippen LogP) is 2.83. The fraction of sp³-hybridized carbons (Fsp3) is 0.550. The van der Waals surface area contributed by atoms with E-state index in [4.69, 9.17) is 4.42 Å². The molecule has 6 heteroatoms. The highest BCUT2D eigenvalue weighted by Gasteiger charge is 2.28. The van der Waals surface area contributed by atoms with E-state index in [0.29, 0.717) is 28.3 Å². The minimum atomic E-state index is -0.320. The molecule has 4 rings (SSSR count). The van der Waals surface area contributed by atoms with Gasteiger partial charge in [-0.1, -0.05) is 0 Å². The summed E-state index contributed by atoms with van der Waals surface area (Å²) >= 11 is 0. The second kappa shape index (κ2) is 7.37. The van der Waals surface area contributed by atoms with Gasteiger partial charge in [0, 0.05) is 49.2 Å². The average Bonchev–Trinajstić information content (AvgIpc) is 2.99. The number of hydrogen-bond donors (Lipinski definition) is 2. The van der Waals surface area contributed by atoms with Crippen molar-refractivity contribution in [2.24, 2.45) is 0 Å². The topological polar surface area (TPSA) is 57.5 Å². The van der Waals surface area contributed by atoms with Crippen molar-refractivity contribution >= 4 is 16.9 Å². The fourth-order valence-corrected chi connectivity index (χ4v) is 4.29. The number of nitrogens with one attached hydrogen (secondary N) is 2. The molecule has 2 fully saturated rings. The highest BCUT2D eigenvalue weighted by Crippen LogP contribution is 2.27. The van der Waals surface area contributed by atoms with Gasteiger partial charge in [-0.25, -0.2) is 4.39 Å². The molecule has 0 unspecified atom stereocenters. The number of carbonyl (C=O) groups excluding carboxylic acids is 1. The number of hydrogen-bond acceptors (Lipinski definition) is 4. The van der Waals surface area contributed by atoms with Crippen LogP contribution in [0.2, 0.25) is 0 Å². The van der Waals surface area contributed by atoms with Crippen LogP contribution in [-0.2, 0) is 0 Å². The maximum atomic E-state index is 13.4. The van der Waals surface area contributed by atoms with Crippen LogP contribution in [0.3, 0.4) is 0 Å². The molecular formula is C20H26FN3O2. The van der Waals surface area contributed by atoms with E-state index in [1.165, 1.54) is 12.1 Å². The second-order valence-electron chi connectivity index (χ2n) is 7.46. The molecule has 1 saturated carbocycles. The lowest BCUT2D eigenvalue weighted by atomic mass is 9.89. The summed E-state index contributed by atoms with van der Waals surface area (Å²) in [4.78, 5) is 15.2. The monoisotopic (exact) mass is 359 g/mol. The van der Waals surface area contributed by atoms with E-state index in [0.717, 1.165) is 51.9 Å². The molecule has 1 amide bonds. The number of rotatable bonds is 3. The SMILES string of the molecule is Cc1c(C(=O)NC2CCC(N3CCNCC3)CC2)oc2ccc(F)cc12. The number of carbonyl (C=O) groups is 1. The molecule has 1 saturated heterocycles. The minimum Gasteiger partial charge on any atom is -0.451 e. The maximum Gasteiger partial charge on any atom is 0.287 e. The number of benzene rings is 1. The number of aryl methyl sites for hydroxylation is 1. The summed E-state index contributed by atoms with van der Waals surface area (Å²) in [5, 5.41) is 7.18. The molecule has 0 spiro atoms. The summed E-state index contributed by atoms with van der Waals surface area (Å²) in [6, 6.07) is 5.17. The van der Waals surface area contributed by atoms with Gasteiger partial charge in [-0.05, 0) is 50.8 Å². The molecule has 2 heterocycles. The maximum absolute atomic E-state index is 13.4. The smallest absolute Gasteiger partial charge is 0.287 e. The van der Waals surface area contributed by atoms with Crippen LogP contribution in [0.25, 0.3) is 11.0 Å². The van der Waals surface area contributed by atoms with E-state index in [1.807, 2.05) is 6.92 Å². The molecule has 26 heavy (non-hydrogen) atoms. The van der Waals surface area contributed by atoms with Crippen LogP contribution in [0, 0.1) is 12.7 Å². The molecule has 140 valence electrons. The lowest BCUT2D eigenvalue weighted by molar-refractivity contribution is 0.0869. The molecule has 0 atom stereocenters. The Morgan fingerprint density at radius 2 is 1.96 bits per heavy atom. The Morgan fingerprint density at radius 1 is 1.23 bits per heavy atom. The molecule has 1 aliphatic carbocycles. The van der Waals surface area contributed by atoms with Gasteiger partial charge >= 0.3 is 0 Å². The zero-order valence-electron chi connectivity index (χ0n) is 15.2. The number of nitrogens with zero attached hydrogens (tertiary/aromatic N) is 1. The van der Waals surface area contributed by atoms with Crippen molar-refractivity contribution in [2.75, 3.05) is 26.2 Å². The Bertz CT molecular complexity index is 790. The molecule has 1 aromatic carbocycles. The number of amides is 1. The van der Waals surface area contributed by atoms with Gasteiger partial charge in [0.2, 0.25) is 0 Å². The first-order chi connectivity index (χ1) is 12.6. The molecule has 5 nitrogen and oxygen atoms in total. The van der Waals surface area contributed by atoms with E-state index >= 15 is 0 Å². The van der Waals surface area contributed by atoms with E-state index in [2.05, 4.69) is 15.5 Å². The van der Waals surface area contributed by atoms with Crippen LogP contribution < -0.4 is 10.6 Å². The van der Waals surface area contributed by atoms with Crippen molar-refractivity contribution in [1.29, 1.82) is 0 Å². The standard InChI is InChI=1S/C20H26FN3O2/c1-13-17-12-14(21)2-7-18(17)26-19(13)20(25)23-15-3-5-16(6-4-15)24-10-8-22-9-11-24/h2,7,12,15-16,22H,3-6,8-11H2,1H3,(H,23,25). The summed E-state index contributed by atoms with van der Waals surface area (Å²) in [5.41, 5.74) is 1.25.